The molecule has 1 aromatic rings. The van der Waals surface area contributed by atoms with Crippen molar-refractivity contribution in [3.8, 4) is 5.75 Å². The Kier molecular flexibility index (Phi) is 39.0. The van der Waals surface area contributed by atoms with E-state index in [1.807, 2.05) is 0 Å². The molecule has 1 aromatic carbocycles. The van der Waals surface area contributed by atoms with Gasteiger partial charge in [0.05, 0.1) is 18.1 Å². The van der Waals surface area contributed by atoms with E-state index < -0.39 is 11.1 Å². The van der Waals surface area contributed by atoms with Crippen molar-refractivity contribution in [2.45, 2.75) is 265 Å². The van der Waals surface area contributed by atoms with Gasteiger partial charge in [-0.3, -0.25) is 19.7 Å². The Labute approximate surface area is 391 Å². The van der Waals surface area contributed by atoms with Crippen LogP contribution in [-0.4, -0.2) is 42.3 Å². The number of nitrogens with zero attached hydrogens (tertiary/aromatic N) is 1. The minimum Gasteiger partial charge on any atom is -0.466 e. The second-order valence-corrected chi connectivity index (χ2v) is 18.6. The van der Waals surface area contributed by atoms with Gasteiger partial charge in [-0.15, -0.1) is 0 Å². The molecule has 10 nitrogen and oxygen atoms in total. The number of hydrogen-bond donors (Lipinski definition) is 0. The van der Waals surface area contributed by atoms with Gasteiger partial charge in [-0.2, -0.15) is 0 Å². The molecule has 0 aromatic heterocycles. The molecule has 0 spiro atoms. The third-order valence-electron chi connectivity index (χ3n) is 12.7. The summed E-state index contributed by atoms with van der Waals surface area (Å²) in [5.74, 6) is 0.903. The van der Waals surface area contributed by atoms with Crippen LogP contribution in [0.5, 0.6) is 5.75 Å². The van der Waals surface area contributed by atoms with Crippen molar-refractivity contribution >= 4 is 23.8 Å². The third-order valence-corrected chi connectivity index (χ3v) is 12.7. The van der Waals surface area contributed by atoms with Crippen LogP contribution in [0.4, 0.5) is 10.5 Å². The van der Waals surface area contributed by atoms with E-state index in [1.54, 1.807) is 0 Å². The maximum Gasteiger partial charge on any atom is 0.514 e. The van der Waals surface area contributed by atoms with Crippen LogP contribution in [0.3, 0.4) is 0 Å². The van der Waals surface area contributed by atoms with Gasteiger partial charge in [0.1, 0.15) is 11.9 Å². The number of carbonyl (C=O) groups excluding carboxylic acids is 3. The van der Waals surface area contributed by atoms with Crippen LogP contribution in [0.1, 0.15) is 259 Å². The lowest BCUT2D eigenvalue weighted by molar-refractivity contribution is -0.384. The number of nitro groups is 1. The van der Waals surface area contributed by atoms with Crippen LogP contribution in [0, 0.1) is 22.0 Å². The predicted molar refractivity (Wildman–Crippen MR) is 262 cm³/mol. The average Bonchev–Trinajstić information content (AvgIpc) is 3.27. The first-order valence-corrected chi connectivity index (χ1v) is 26.7. The van der Waals surface area contributed by atoms with Gasteiger partial charge >= 0.3 is 18.1 Å². The van der Waals surface area contributed by atoms with E-state index in [2.05, 4.69) is 27.7 Å². The zero-order valence-electron chi connectivity index (χ0n) is 41.5. The molecule has 0 unspecified atom stereocenters. The Balaban J connectivity index is 2.53. The van der Waals surface area contributed by atoms with Gasteiger partial charge in [-0.05, 0) is 88.2 Å². The molecule has 0 amide bonds. The number of nitro benzene ring substituents is 1. The number of non-ortho nitro benzene ring substituents is 1. The van der Waals surface area contributed by atoms with Crippen molar-refractivity contribution < 1.29 is 38.3 Å². The number of esters is 2. The molecular formula is C54H95NO9. The molecule has 0 N–H and O–H groups in total. The Morgan fingerprint density at radius 2 is 0.797 bits per heavy atom. The lowest BCUT2D eigenvalue weighted by Crippen LogP contribution is -2.21. The monoisotopic (exact) mass is 902 g/mol. The van der Waals surface area contributed by atoms with Crippen LogP contribution >= 0.6 is 0 Å². The number of rotatable bonds is 45. The van der Waals surface area contributed by atoms with Crippen molar-refractivity contribution in [1.82, 2.24) is 0 Å². The van der Waals surface area contributed by atoms with Crippen LogP contribution < -0.4 is 4.74 Å². The molecule has 0 aliphatic heterocycles. The largest absolute Gasteiger partial charge is 0.514 e. The lowest BCUT2D eigenvalue weighted by Gasteiger charge is -2.18. The fourth-order valence-electron chi connectivity index (χ4n) is 8.61. The molecule has 0 fully saturated rings. The van der Waals surface area contributed by atoms with Crippen molar-refractivity contribution in [3.63, 3.8) is 0 Å². The SMILES string of the molecule is CCCCCCCC(CCCCCCC)CC(=O)OCCCCCCC(CCCCCCOC(=O)CC(CCCCCCC)CCCCCCC)OC(=O)Oc1ccc([N+](=O)[O-])cc1. The topological polar surface area (TPSA) is 131 Å². The highest BCUT2D eigenvalue weighted by Crippen LogP contribution is 2.25. The first kappa shape index (κ1) is 58.8. The standard InChI is InChI=1S/C54H95NO9/c1-5-9-13-17-25-33-47(34-26-18-14-10-6-2)45-52(56)61-43-31-23-21-29-37-50(63-54(58)64-51-41-39-49(40-42-51)55(59)60)38-30-22-24-32-44-62-53(57)46-48(35-27-19-15-11-7-3)36-28-20-16-12-8-4/h39-42,47-48,50H,5-38,43-46H2,1-4H3. The zero-order chi connectivity index (χ0) is 46.7. The number of benzene rings is 1. The maximum atomic E-state index is 12.8. The highest BCUT2D eigenvalue weighted by molar-refractivity contribution is 5.70. The van der Waals surface area contributed by atoms with Gasteiger partial charge < -0.3 is 18.9 Å². The molecule has 0 radical (unpaired) electrons. The molecule has 1 rings (SSSR count). The normalized spacial score (nSPS) is 11.4. The van der Waals surface area contributed by atoms with E-state index in [1.165, 1.54) is 153 Å². The second kappa shape index (κ2) is 42.5. The average molecular weight is 902 g/mol. The Bertz CT molecular complexity index is 1180. The summed E-state index contributed by atoms with van der Waals surface area (Å²) < 4.78 is 22.5. The van der Waals surface area contributed by atoms with Crippen molar-refractivity contribution in [2.75, 3.05) is 13.2 Å². The van der Waals surface area contributed by atoms with Crippen LogP contribution in [0.15, 0.2) is 24.3 Å². The molecule has 10 heteroatoms. The van der Waals surface area contributed by atoms with Crippen LogP contribution in [-0.2, 0) is 23.8 Å². The molecule has 0 atom stereocenters. The quantitative estimate of drug-likeness (QED) is 0.0157. The Morgan fingerprint density at radius 1 is 0.469 bits per heavy atom. The number of ether oxygens (including phenoxy) is 4. The van der Waals surface area contributed by atoms with Gasteiger partial charge in [-0.1, -0.05) is 182 Å². The summed E-state index contributed by atoms with van der Waals surface area (Å²) in [7, 11) is 0. The molecule has 64 heavy (non-hydrogen) atoms. The number of unbranched alkanes of at least 4 members (excludes halogenated alkanes) is 22. The second-order valence-electron chi connectivity index (χ2n) is 18.6. The van der Waals surface area contributed by atoms with E-state index in [9.17, 15) is 24.5 Å². The minimum atomic E-state index is -0.821. The highest BCUT2D eigenvalue weighted by atomic mass is 16.7. The van der Waals surface area contributed by atoms with Gasteiger partial charge in [-0.25, -0.2) is 4.79 Å². The zero-order valence-corrected chi connectivity index (χ0v) is 41.5. The van der Waals surface area contributed by atoms with Crippen LogP contribution in [0.2, 0.25) is 0 Å². The summed E-state index contributed by atoms with van der Waals surface area (Å²) in [6.45, 7) is 9.83. The van der Waals surface area contributed by atoms with Gasteiger partial charge in [0.25, 0.3) is 5.69 Å². The molecule has 0 aliphatic carbocycles. The van der Waals surface area contributed by atoms with Crippen molar-refractivity contribution in [3.05, 3.63) is 34.4 Å². The summed E-state index contributed by atoms with van der Waals surface area (Å²) in [4.78, 5) is 49.0. The summed E-state index contributed by atoms with van der Waals surface area (Å²) in [5, 5.41) is 11.0. The first-order chi connectivity index (χ1) is 31.2. The van der Waals surface area contributed by atoms with Crippen molar-refractivity contribution in [1.29, 1.82) is 0 Å². The molecular weight excluding hydrogens is 807 g/mol. The van der Waals surface area contributed by atoms with E-state index in [-0.39, 0.29) is 29.5 Å². The highest BCUT2D eigenvalue weighted by Gasteiger charge is 2.19. The first-order valence-electron chi connectivity index (χ1n) is 26.7. The van der Waals surface area contributed by atoms with Gasteiger partial charge in [0, 0.05) is 25.0 Å². The fourth-order valence-corrected chi connectivity index (χ4v) is 8.61. The maximum absolute atomic E-state index is 12.8. The molecule has 0 saturated heterocycles. The molecule has 370 valence electrons. The molecule has 0 bridgehead atoms. The smallest absolute Gasteiger partial charge is 0.466 e. The molecule has 0 saturated carbocycles. The van der Waals surface area contributed by atoms with E-state index in [0.29, 0.717) is 50.7 Å². The van der Waals surface area contributed by atoms with Gasteiger partial charge in [0.15, 0.2) is 0 Å². The minimum absolute atomic E-state index is 0.0640. The predicted octanol–water partition coefficient (Wildman–Crippen LogP) is 16.9. The lowest BCUT2D eigenvalue weighted by atomic mass is 9.91. The summed E-state index contributed by atoms with van der Waals surface area (Å²) >= 11 is 0. The Morgan fingerprint density at radius 3 is 1.14 bits per heavy atom. The summed E-state index contributed by atoms with van der Waals surface area (Å²) in [6.07, 6.45) is 37.8. The molecule has 0 aliphatic rings. The van der Waals surface area contributed by atoms with Crippen LogP contribution in [0.25, 0.3) is 0 Å². The van der Waals surface area contributed by atoms with Gasteiger partial charge in [0.2, 0.25) is 0 Å². The van der Waals surface area contributed by atoms with Crippen molar-refractivity contribution in [2.24, 2.45) is 11.8 Å². The third kappa shape index (κ3) is 35.1. The summed E-state index contributed by atoms with van der Waals surface area (Å²) in [6, 6.07) is 5.37. The fraction of sp³-hybridized carbons (Fsp3) is 0.833. The molecule has 0 heterocycles. The summed E-state index contributed by atoms with van der Waals surface area (Å²) in [5.41, 5.74) is -0.0841. The Hall–Kier alpha value is -3.17. The number of hydrogen-bond acceptors (Lipinski definition) is 9. The van der Waals surface area contributed by atoms with E-state index in [0.717, 1.165) is 77.0 Å². The van der Waals surface area contributed by atoms with E-state index in [4.69, 9.17) is 18.9 Å². The van der Waals surface area contributed by atoms with E-state index >= 15 is 0 Å². The number of carbonyl (C=O) groups is 3.